The fraction of sp³-hybridized carbons (Fsp3) is 0.300. The molecule has 12 heteroatoms. The zero-order valence-corrected chi connectivity index (χ0v) is 34.7. The molecule has 4 aromatic rings. The quantitative estimate of drug-likeness (QED) is 0.139. The highest BCUT2D eigenvalue weighted by Gasteiger charge is 2.52. The highest BCUT2D eigenvalue weighted by Crippen LogP contribution is 2.39. The minimum absolute atomic E-state index is 0.241. The van der Waals surface area contributed by atoms with E-state index in [0.29, 0.717) is 0 Å². The third-order valence-corrected chi connectivity index (χ3v) is 20.5. The summed E-state index contributed by atoms with van der Waals surface area (Å²) in [6, 6.07) is 40.2. The first-order valence-electron chi connectivity index (χ1n) is 17.0. The van der Waals surface area contributed by atoms with Gasteiger partial charge in [-0.3, -0.25) is 0 Å². The zero-order chi connectivity index (χ0) is 38.8. The summed E-state index contributed by atoms with van der Waals surface area (Å²) in [7, 11) is -13.0. The van der Waals surface area contributed by atoms with Crippen LogP contribution in [0.2, 0.25) is 10.1 Å². The summed E-state index contributed by atoms with van der Waals surface area (Å²) < 4.78 is 60.0. The van der Waals surface area contributed by atoms with Crippen molar-refractivity contribution in [3.05, 3.63) is 147 Å². The molecule has 0 saturated heterocycles. The van der Waals surface area contributed by atoms with Gasteiger partial charge >= 0.3 is 0 Å². The first kappa shape index (κ1) is 42.9. The number of hydrogen-bond donors (Lipinski definition) is 2. The largest absolute Gasteiger partial charge is 0.400 e. The monoisotopic (exact) mass is 778 g/mol. The molecule has 0 fully saturated rings. The molecule has 2 atom stereocenters. The predicted octanol–water partition coefficient (Wildman–Crippen LogP) is 4.81. The zero-order valence-electron chi connectivity index (χ0n) is 31.1. The molecule has 0 unspecified atom stereocenters. The molecule has 280 valence electrons. The van der Waals surface area contributed by atoms with Crippen molar-refractivity contribution in [2.75, 3.05) is 11.5 Å². The Bertz CT molecular complexity index is 1730. The van der Waals surface area contributed by atoms with Crippen LogP contribution < -0.4 is 31.0 Å². The predicted molar refractivity (Wildman–Crippen MR) is 221 cm³/mol. The van der Waals surface area contributed by atoms with Crippen LogP contribution in [0.15, 0.2) is 147 Å². The highest BCUT2D eigenvalue weighted by atomic mass is 32.2. The van der Waals surface area contributed by atoms with Crippen molar-refractivity contribution in [1.82, 2.24) is 0 Å². The molecule has 0 radical (unpaired) electrons. The van der Waals surface area contributed by atoms with E-state index in [4.69, 9.17) is 19.1 Å². The minimum atomic E-state index is -3.69. The van der Waals surface area contributed by atoms with Gasteiger partial charge in [-0.2, -0.15) is 0 Å². The van der Waals surface area contributed by atoms with Crippen LogP contribution >= 0.6 is 0 Å². The Hall–Kier alpha value is -3.47. The van der Waals surface area contributed by atoms with Crippen LogP contribution in [0, 0.1) is 0 Å². The molecule has 0 aromatic heterocycles. The van der Waals surface area contributed by atoms with Crippen molar-refractivity contribution in [2.45, 2.75) is 63.8 Å². The summed E-state index contributed by atoms with van der Waals surface area (Å²) in [6.07, 6.45) is 1.70. The van der Waals surface area contributed by atoms with Gasteiger partial charge in [0.25, 0.3) is 16.6 Å². The van der Waals surface area contributed by atoms with E-state index in [1.165, 1.54) is 12.2 Å². The lowest BCUT2D eigenvalue weighted by atomic mass is 10.2. The maximum absolute atomic E-state index is 11.7. The molecule has 0 aliphatic rings. The lowest BCUT2D eigenvalue weighted by molar-refractivity contribution is 0.254. The summed E-state index contributed by atoms with van der Waals surface area (Å²) in [5, 5.41) is 14.4. The van der Waals surface area contributed by atoms with E-state index in [9.17, 15) is 16.8 Å². The van der Waals surface area contributed by atoms with Crippen LogP contribution in [0.1, 0.15) is 41.5 Å². The lowest BCUT2D eigenvalue weighted by Crippen LogP contribution is -2.68. The van der Waals surface area contributed by atoms with Crippen molar-refractivity contribution in [3.63, 3.8) is 0 Å². The van der Waals surface area contributed by atoms with Crippen LogP contribution in [0.5, 0.6) is 0 Å². The van der Waals surface area contributed by atoms with E-state index in [0.717, 1.165) is 20.7 Å². The Labute approximate surface area is 314 Å². The van der Waals surface area contributed by atoms with E-state index in [-0.39, 0.29) is 21.6 Å². The van der Waals surface area contributed by atoms with Crippen LogP contribution in [0.3, 0.4) is 0 Å². The summed E-state index contributed by atoms with van der Waals surface area (Å²) in [4.78, 5) is 0. The van der Waals surface area contributed by atoms with Crippen molar-refractivity contribution in [1.29, 1.82) is 0 Å². The molecular formula is C40H54N2O6S2Si2. The summed E-state index contributed by atoms with van der Waals surface area (Å²) in [5.74, 6) is -0.581. The molecule has 0 aliphatic carbocycles. The molecule has 4 N–H and O–H groups in total. The van der Waals surface area contributed by atoms with Crippen molar-refractivity contribution >= 4 is 57.4 Å². The van der Waals surface area contributed by atoms with Gasteiger partial charge in [0.1, 0.15) is 0 Å². The maximum Gasteiger partial charge on any atom is 0.261 e. The topological polar surface area (TPSA) is 139 Å². The summed E-state index contributed by atoms with van der Waals surface area (Å²) in [6.45, 7) is 20.4. The van der Waals surface area contributed by atoms with Gasteiger partial charge < -0.3 is 8.85 Å². The van der Waals surface area contributed by atoms with Gasteiger partial charge in [-0.05, 0) is 30.8 Å². The lowest BCUT2D eigenvalue weighted by Gasteiger charge is -2.44. The Kier molecular flexibility index (Phi) is 14.5. The highest BCUT2D eigenvalue weighted by molar-refractivity contribution is 7.89. The first-order valence-corrected chi connectivity index (χ1v) is 24.3. The number of rotatable bonds is 14. The molecule has 0 saturated carbocycles. The van der Waals surface area contributed by atoms with Gasteiger partial charge in [-0.1, -0.05) is 175 Å². The Balaban J connectivity index is 0.000000280. The Morgan fingerprint density at radius 3 is 0.885 bits per heavy atom. The number of hydrogen-bond acceptors (Lipinski definition) is 6. The van der Waals surface area contributed by atoms with E-state index in [2.05, 4.69) is 103 Å². The van der Waals surface area contributed by atoms with Crippen molar-refractivity contribution < 1.29 is 25.7 Å². The minimum Gasteiger partial charge on any atom is -0.400 e. The van der Waals surface area contributed by atoms with Gasteiger partial charge in [0.2, 0.25) is 20.0 Å². The average molecular weight is 779 g/mol. The van der Waals surface area contributed by atoms with Gasteiger partial charge in [0, 0.05) is 0 Å². The van der Waals surface area contributed by atoms with Gasteiger partial charge in [0.15, 0.2) is 0 Å². The van der Waals surface area contributed by atoms with E-state index >= 15 is 0 Å². The van der Waals surface area contributed by atoms with Gasteiger partial charge in [-0.25, -0.2) is 27.1 Å². The maximum atomic E-state index is 11.7. The molecule has 4 aromatic carbocycles. The second kappa shape index (κ2) is 17.6. The van der Waals surface area contributed by atoms with Crippen LogP contribution in [-0.4, -0.2) is 57.2 Å². The van der Waals surface area contributed by atoms with Crippen LogP contribution in [0.25, 0.3) is 0 Å². The Morgan fingerprint density at radius 2 is 0.731 bits per heavy atom. The summed E-state index contributed by atoms with van der Waals surface area (Å²) in [5.41, 5.74) is 0. The number of primary sulfonamides is 2. The molecule has 52 heavy (non-hydrogen) atoms. The molecule has 0 amide bonds. The number of benzene rings is 4. The molecule has 0 spiro atoms. The molecule has 0 bridgehead atoms. The fourth-order valence-electron chi connectivity index (χ4n) is 6.59. The van der Waals surface area contributed by atoms with E-state index < -0.39 is 48.9 Å². The fourth-order valence-corrected chi connectivity index (χ4v) is 17.5. The smallest absolute Gasteiger partial charge is 0.261 e. The second-order valence-corrected chi connectivity index (χ2v) is 26.6. The summed E-state index contributed by atoms with van der Waals surface area (Å²) >= 11 is 0. The molecule has 0 aliphatic heterocycles. The molecular weight excluding hydrogens is 725 g/mol. The number of sulfonamides is 2. The van der Waals surface area contributed by atoms with E-state index in [1.807, 2.05) is 72.8 Å². The molecule has 0 heterocycles. The third kappa shape index (κ3) is 10.8. The van der Waals surface area contributed by atoms with Crippen molar-refractivity contribution in [3.8, 4) is 0 Å². The van der Waals surface area contributed by atoms with Crippen molar-refractivity contribution in [2.24, 2.45) is 10.3 Å². The SMILES string of the molecule is C=C[C@@H](CS(N)(=O)=O)O[Si](c1ccccc1)(c1ccccc1)C(C)(C)C.C=C[C@H](CS(N)(=O)=O)O[Si](c1ccccc1)(c1ccccc1)C(C)(C)C. The third-order valence-electron chi connectivity index (χ3n) is 8.81. The molecule has 8 nitrogen and oxygen atoms in total. The van der Waals surface area contributed by atoms with Gasteiger partial charge in [-0.15, -0.1) is 13.2 Å². The molecule has 4 rings (SSSR count). The van der Waals surface area contributed by atoms with Gasteiger partial charge in [0.05, 0.1) is 23.7 Å². The number of nitrogens with two attached hydrogens (primary N) is 2. The normalized spacial score (nSPS) is 14.0. The van der Waals surface area contributed by atoms with Crippen LogP contribution in [0.4, 0.5) is 0 Å². The first-order chi connectivity index (χ1) is 24.2. The van der Waals surface area contributed by atoms with E-state index in [1.54, 1.807) is 0 Å². The average Bonchev–Trinajstić information content (AvgIpc) is 3.08. The Morgan fingerprint density at radius 1 is 0.519 bits per heavy atom. The standard InChI is InChI=1S/2C20H27NO3SSi/c2*1-5-17(16-25(21,22)23)24-26(20(2,3)4,18-12-8-6-9-13-18)19-14-10-7-11-15-19/h2*5-15,17H,1,16H2,2-4H3,(H2,21,22,23)/t2*17-/m10/s1. The second-order valence-electron chi connectivity index (χ2n) is 14.8. The van der Waals surface area contributed by atoms with Crippen LogP contribution in [-0.2, 0) is 28.9 Å².